The topological polar surface area (TPSA) is 61.8 Å². The maximum absolute atomic E-state index is 12.5. The molecule has 5 nitrogen and oxygen atoms in total. The summed E-state index contributed by atoms with van der Waals surface area (Å²) in [5.74, 6) is 0.284. The first kappa shape index (κ1) is 13.8. The summed E-state index contributed by atoms with van der Waals surface area (Å²) in [7, 11) is 0. The standard InChI is InChI=1S/C13H24N2O3/c1-9-6-15(7-11(8-16)18-9)13(17)12-4-3-5-14-10(12)2/h9-12,14,16H,3-8H2,1-2H3. The van der Waals surface area contributed by atoms with Gasteiger partial charge in [-0.25, -0.2) is 0 Å². The second kappa shape index (κ2) is 5.99. The minimum atomic E-state index is -0.232. The van der Waals surface area contributed by atoms with Gasteiger partial charge in [0.15, 0.2) is 0 Å². The first-order valence-corrected chi connectivity index (χ1v) is 6.90. The maximum Gasteiger partial charge on any atom is 0.227 e. The van der Waals surface area contributed by atoms with Crippen LogP contribution in [-0.2, 0) is 9.53 Å². The molecule has 18 heavy (non-hydrogen) atoms. The molecule has 2 saturated heterocycles. The van der Waals surface area contributed by atoms with E-state index in [1.165, 1.54) is 0 Å². The van der Waals surface area contributed by atoms with Gasteiger partial charge in [0, 0.05) is 19.1 Å². The molecule has 5 heteroatoms. The second-order valence-electron chi connectivity index (χ2n) is 5.49. The van der Waals surface area contributed by atoms with E-state index in [-0.39, 0.29) is 36.7 Å². The highest BCUT2D eigenvalue weighted by atomic mass is 16.5. The van der Waals surface area contributed by atoms with Crippen molar-refractivity contribution in [3.8, 4) is 0 Å². The summed E-state index contributed by atoms with van der Waals surface area (Å²) in [5, 5.41) is 12.6. The number of piperidine rings is 1. The highest BCUT2D eigenvalue weighted by Crippen LogP contribution is 2.21. The molecule has 0 aromatic heterocycles. The zero-order valence-corrected chi connectivity index (χ0v) is 11.3. The smallest absolute Gasteiger partial charge is 0.227 e. The van der Waals surface area contributed by atoms with E-state index in [1.807, 2.05) is 11.8 Å². The third-order valence-electron chi connectivity index (χ3n) is 3.92. The number of morpholine rings is 1. The largest absolute Gasteiger partial charge is 0.394 e. The molecule has 0 aromatic rings. The van der Waals surface area contributed by atoms with Crippen LogP contribution in [0.3, 0.4) is 0 Å². The number of ether oxygens (including phenoxy) is 1. The highest BCUT2D eigenvalue weighted by Gasteiger charge is 2.35. The number of carbonyl (C=O) groups excluding carboxylic acids is 1. The zero-order valence-electron chi connectivity index (χ0n) is 11.3. The van der Waals surface area contributed by atoms with Gasteiger partial charge in [0.1, 0.15) is 0 Å². The molecule has 0 aromatic carbocycles. The lowest BCUT2D eigenvalue weighted by Gasteiger charge is -2.40. The Hall–Kier alpha value is -0.650. The van der Waals surface area contributed by atoms with Crippen LogP contribution in [0.2, 0.25) is 0 Å². The molecule has 0 aliphatic carbocycles. The van der Waals surface area contributed by atoms with Gasteiger partial charge < -0.3 is 20.1 Å². The van der Waals surface area contributed by atoms with Crippen LogP contribution in [-0.4, -0.2) is 60.4 Å². The minimum absolute atomic E-state index is 0.00621. The van der Waals surface area contributed by atoms with Crippen molar-refractivity contribution in [1.82, 2.24) is 10.2 Å². The van der Waals surface area contributed by atoms with Gasteiger partial charge in [-0.3, -0.25) is 4.79 Å². The summed E-state index contributed by atoms with van der Waals surface area (Å²) in [6.45, 7) is 6.16. The third-order valence-corrected chi connectivity index (χ3v) is 3.92. The Morgan fingerprint density at radius 3 is 2.89 bits per heavy atom. The molecule has 0 saturated carbocycles. The lowest BCUT2D eigenvalue weighted by atomic mass is 9.90. The number of hydrogen-bond acceptors (Lipinski definition) is 4. The molecule has 4 atom stereocenters. The van der Waals surface area contributed by atoms with Crippen LogP contribution in [0.5, 0.6) is 0 Å². The molecule has 4 unspecified atom stereocenters. The van der Waals surface area contributed by atoms with Crippen LogP contribution in [0.4, 0.5) is 0 Å². The summed E-state index contributed by atoms with van der Waals surface area (Å²) in [4.78, 5) is 14.4. The molecule has 0 bridgehead atoms. The molecular formula is C13H24N2O3. The van der Waals surface area contributed by atoms with Gasteiger partial charge in [0.05, 0.1) is 24.7 Å². The molecule has 0 radical (unpaired) electrons. The lowest BCUT2D eigenvalue weighted by molar-refractivity contribution is -0.152. The van der Waals surface area contributed by atoms with Crippen molar-refractivity contribution in [3.05, 3.63) is 0 Å². The molecule has 2 heterocycles. The molecule has 2 aliphatic heterocycles. The number of aliphatic hydroxyl groups excluding tert-OH is 1. The molecule has 104 valence electrons. The summed E-state index contributed by atoms with van der Waals surface area (Å²) < 4.78 is 5.57. The monoisotopic (exact) mass is 256 g/mol. The number of nitrogens with zero attached hydrogens (tertiary/aromatic N) is 1. The van der Waals surface area contributed by atoms with E-state index in [0.717, 1.165) is 19.4 Å². The Kier molecular flexibility index (Phi) is 4.59. The van der Waals surface area contributed by atoms with Crippen LogP contribution in [0.15, 0.2) is 0 Å². The van der Waals surface area contributed by atoms with Gasteiger partial charge in [0.25, 0.3) is 0 Å². The van der Waals surface area contributed by atoms with Crippen molar-refractivity contribution in [1.29, 1.82) is 0 Å². The van der Waals surface area contributed by atoms with Crippen LogP contribution in [0.25, 0.3) is 0 Å². The van der Waals surface area contributed by atoms with Crippen LogP contribution < -0.4 is 5.32 Å². The SMILES string of the molecule is CC1CN(C(=O)C2CCCNC2C)CC(CO)O1. The molecule has 2 rings (SSSR count). The van der Waals surface area contributed by atoms with Gasteiger partial charge >= 0.3 is 0 Å². The van der Waals surface area contributed by atoms with Crippen LogP contribution in [0, 0.1) is 5.92 Å². The van der Waals surface area contributed by atoms with E-state index in [1.54, 1.807) is 0 Å². The van der Waals surface area contributed by atoms with Crippen molar-refractivity contribution >= 4 is 5.91 Å². The Balaban J connectivity index is 1.98. The number of rotatable bonds is 2. The van der Waals surface area contributed by atoms with Crippen molar-refractivity contribution in [3.63, 3.8) is 0 Å². The van der Waals surface area contributed by atoms with E-state index < -0.39 is 0 Å². The van der Waals surface area contributed by atoms with E-state index in [4.69, 9.17) is 4.74 Å². The average molecular weight is 256 g/mol. The predicted octanol–water partition coefficient (Wildman–Crippen LogP) is -0.0173. The van der Waals surface area contributed by atoms with E-state index >= 15 is 0 Å². The fraction of sp³-hybridized carbons (Fsp3) is 0.923. The first-order chi connectivity index (χ1) is 8.61. The van der Waals surface area contributed by atoms with Gasteiger partial charge in [-0.2, -0.15) is 0 Å². The quantitative estimate of drug-likeness (QED) is 0.729. The number of aliphatic hydroxyl groups is 1. The zero-order chi connectivity index (χ0) is 13.1. The molecule has 1 amide bonds. The van der Waals surface area contributed by atoms with Gasteiger partial charge in [0.2, 0.25) is 5.91 Å². The molecule has 2 aliphatic rings. The lowest BCUT2D eigenvalue weighted by Crippen LogP contribution is -2.55. The predicted molar refractivity (Wildman–Crippen MR) is 68.2 cm³/mol. The maximum atomic E-state index is 12.5. The summed E-state index contributed by atoms with van der Waals surface area (Å²) in [6, 6.07) is 0.247. The van der Waals surface area contributed by atoms with Crippen LogP contribution >= 0.6 is 0 Å². The fourth-order valence-electron chi connectivity index (χ4n) is 2.94. The molecule has 2 N–H and O–H groups in total. The van der Waals surface area contributed by atoms with Crippen LogP contribution in [0.1, 0.15) is 26.7 Å². The number of nitrogens with one attached hydrogen (secondary N) is 1. The summed E-state index contributed by atoms with van der Waals surface area (Å²) in [5.41, 5.74) is 0. The summed E-state index contributed by atoms with van der Waals surface area (Å²) >= 11 is 0. The Morgan fingerprint density at radius 1 is 1.44 bits per heavy atom. The van der Waals surface area contributed by atoms with Gasteiger partial charge in [-0.15, -0.1) is 0 Å². The molecule has 2 fully saturated rings. The third kappa shape index (κ3) is 3.02. The Bertz CT molecular complexity index is 298. The first-order valence-electron chi connectivity index (χ1n) is 6.90. The normalized spacial score (nSPS) is 37.6. The molecular weight excluding hydrogens is 232 g/mol. The van der Waals surface area contributed by atoms with Crippen molar-refractivity contribution < 1.29 is 14.6 Å². The number of amides is 1. The minimum Gasteiger partial charge on any atom is -0.394 e. The van der Waals surface area contributed by atoms with Crippen molar-refractivity contribution in [2.75, 3.05) is 26.2 Å². The summed E-state index contributed by atoms with van der Waals surface area (Å²) in [6.07, 6.45) is 1.79. The second-order valence-corrected chi connectivity index (χ2v) is 5.49. The van der Waals surface area contributed by atoms with E-state index in [0.29, 0.717) is 13.1 Å². The number of carbonyl (C=O) groups is 1. The Labute approximate surface area is 108 Å². The van der Waals surface area contributed by atoms with Crippen molar-refractivity contribution in [2.24, 2.45) is 5.92 Å². The Morgan fingerprint density at radius 2 is 2.22 bits per heavy atom. The number of hydrogen-bond donors (Lipinski definition) is 2. The highest BCUT2D eigenvalue weighted by molar-refractivity contribution is 5.79. The fourth-order valence-corrected chi connectivity index (χ4v) is 2.94. The van der Waals surface area contributed by atoms with E-state index in [9.17, 15) is 9.90 Å². The molecule has 0 spiro atoms. The van der Waals surface area contributed by atoms with Gasteiger partial charge in [-0.05, 0) is 33.2 Å². The van der Waals surface area contributed by atoms with Crippen molar-refractivity contribution in [2.45, 2.75) is 44.9 Å². The van der Waals surface area contributed by atoms with Gasteiger partial charge in [-0.1, -0.05) is 0 Å². The van der Waals surface area contributed by atoms with E-state index in [2.05, 4.69) is 12.2 Å². The average Bonchev–Trinajstić information content (AvgIpc) is 2.37.